The fourth-order valence-corrected chi connectivity index (χ4v) is 3.20. The second kappa shape index (κ2) is 6.29. The molecule has 3 heterocycles. The number of fused-ring (bicyclic) bond motifs is 1. The second-order valence-electron chi connectivity index (χ2n) is 5.26. The number of imidazole rings is 1. The van der Waals surface area contributed by atoms with E-state index in [1.165, 1.54) is 17.4 Å². The van der Waals surface area contributed by atoms with E-state index in [9.17, 15) is 10.1 Å². The summed E-state index contributed by atoms with van der Waals surface area (Å²) in [4.78, 5) is 24.5. The molecule has 9 heteroatoms. The Morgan fingerprint density at radius 1 is 1.28 bits per heavy atom. The van der Waals surface area contributed by atoms with Gasteiger partial charge in [-0.1, -0.05) is 12.1 Å². The maximum Gasteiger partial charge on any atom is 0.269 e. The number of non-ortho nitro benzene ring substituents is 1. The molecule has 1 aromatic carbocycles. The maximum absolute atomic E-state index is 10.9. The number of anilines is 1. The summed E-state index contributed by atoms with van der Waals surface area (Å²) in [5.74, 6) is 1.20. The van der Waals surface area contributed by atoms with Gasteiger partial charge in [0.2, 0.25) is 5.95 Å². The van der Waals surface area contributed by atoms with Gasteiger partial charge in [-0.25, -0.2) is 9.97 Å². The van der Waals surface area contributed by atoms with Crippen LogP contribution in [0.5, 0.6) is 0 Å². The number of aromatic nitrogens is 4. The molecule has 0 fully saturated rings. The van der Waals surface area contributed by atoms with Crippen LogP contribution in [0.2, 0.25) is 0 Å². The quantitative estimate of drug-likeness (QED) is 0.436. The van der Waals surface area contributed by atoms with E-state index < -0.39 is 4.92 Å². The Morgan fingerprint density at radius 2 is 2.20 bits per heavy atom. The lowest BCUT2D eigenvalue weighted by Crippen LogP contribution is -2.06. The van der Waals surface area contributed by atoms with Crippen LogP contribution < -0.4 is 5.32 Å². The van der Waals surface area contributed by atoms with Crippen LogP contribution in [0.4, 0.5) is 11.5 Å². The van der Waals surface area contributed by atoms with Crippen molar-refractivity contribution < 1.29 is 4.92 Å². The first-order chi connectivity index (χ1) is 12.2. The lowest BCUT2D eigenvalue weighted by atomic mass is 10.2. The third kappa shape index (κ3) is 3.04. The minimum Gasteiger partial charge on any atom is -0.365 e. The molecular formula is C16H12N6O2S. The van der Waals surface area contributed by atoms with Crippen LogP contribution in [0.3, 0.4) is 0 Å². The SMILES string of the molecule is O=[N+]([O-])c1cccc(CNc2nc(-n3ccnc3)nc3sccc23)c1. The van der Waals surface area contributed by atoms with Gasteiger partial charge in [0.05, 0.1) is 10.3 Å². The number of hydrogen-bond acceptors (Lipinski definition) is 7. The van der Waals surface area contributed by atoms with Gasteiger partial charge in [-0.2, -0.15) is 4.98 Å². The summed E-state index contributed by atoms with van der Waals surface area (Å²) in [5, 5.41) is 17.0. The molecule has 0 radical (unpaired) electrons. The van der Waals surface area contributed by atoms with Crippen molar-refractivity contribution in [1.29, 1.82) is 0 Å². The predicted octanol–water partition coefficient (Wildman–Crippen LogP) is 3.40. The molecular weight excluding hydrogens is 340 g/mol. The molecule has 4 aromatic rings. The van der Waals surface area contributed by atoms with Crippen LogP contribution in [0.25, 0.3) is 16.2 Å². The average Bonchev–Trinajstić information content (AvgIpc) is 3.31. The lowest BCUT2D eigenvalue weighted by Gasteiger charge is -2.09. The molecule has 0 atom stereocenters. The van der Waals surface area contributed by atoms with Gasteiger partial charge in [-0.15, -0.1) is 11.3 Å². The number of benzene rings is 1. The number of rotatable bonds is 5. The molecule has 0 bridgehead atoms. The van der Waals surface area contributed by atoms with Crippen molar-refractivity contribution in [3.05, 3.63) is 70.1 Å². The van der Waals surface area contributed by atoms with E-state index in [-0.39, 0.29) is 5.69 Å². The number of nitrogens with one attached hydrogen (secondary N) is 1. The molecule has 8 nitrogen and oxygen atoms in total. The molecule has 0 aliphatic rings. The Kier molecular flexibility index (Phi) is 3.82. The van der Waals surface area contributed by atoms with Crippen LogP contribution in [-0.4, -0.2) is 24.4 Å². The highest BCUT2D eigenvalue weighted by molar-refractivity contribution is 7.16. The first-order valence-electron chi connectivity index (χ1n) is 7.41. The zero-order valence-corrected chi connectivity index (χ0v) is 13.7. The molecule has 0 amide bonds. The van der Waals surface area contributed by atoms with Crippen LogP contribution in [0, 0.1) is 10.1 Å². The van der Waals surface area contributed by atoms with Gasteiger partial charge in [0, 0.05) is 31.1 Å². The Balaban J connectivity index is 1.66. The van der Waals surface area contributed by atoms with Gasteiger partial charge in [0.15, 0.2) is 0 Å². The minimum absolute atomic E-state index is 0.0711. The number of nitro groups is 1. The summed E-state index contributed by atoms with van der Waals surface area (Å²) >= 11 is 1.53. The molecule has 0 aliphatic heterocycles. The highest BCUT2D eigenvalue weighted by atomic mass is 32.1. The first kappa shape index (κ1) is 15.2. The van der Waals surface area contributed by atoms with Crippen molar-refractivity contribution >= 4 is 33.1 Å². The van der Waals surface area contributed by atoms with Gasteiger partial charge >= 0.3 is 0 Å². The smallest absolute Gasteiger partial charge is 0.269 e. The monoisotopic (exact) mass is 352 g/mol. The number of thiophene rings is 1. The number of nitrogens with zero attached hydrogens (tertiary/aromatic N) is 5. The number of nitro benzene ring substituents is 1. The van der Waals surface area contributed by atoms with Gasteiger partial charge in [0.1, 0.15) is 17.0 Å². The van der Waals surface area contributed by atoms with Crippen LogP contribution in [0.15, 0.2) is 54.4 Å². The summed E-state index contributed by atoms with van der Waals surface area (Å²) in [6, 6.07) is 8.49. The maximum atomic E-state index is 10.9. The van der Waals surface area contributed by atoms with Crippen molar-refractivity contribution in [3.8, 4) is 5.95 Å². The summed E-state index contributed by atoms with van der Waals surface area (Å²) in [6.07, 6.45) is 5.08. The summed E-state index contributed by atoms with van der Waals surface area (Å²) in [6.45, 7) is 0.424. The van der Waals surface area contributed by atoms with E-state index in [4.69, 9.17) is 0 Å². The van der Waals surface area contributed by atoms with E-state index in [1.54, 1.807) is 35.4 Å². The predicted molar refractivity (Wildman–Crippen MR) is 95.0 cm³/mol. The van der Waals surface area contributed by atoms with Crippen molar-refractivity contribution in [2.75, 3.05) is 5.32 Å². The average molecular weight is 352 g/mol. The van der Waals surface area contributed by atoms with Crippen molar-refractivity contribution in [2.24, 2.45) is 0 Å². The number of hydrogen-bond donors (Lipinski definition) is 1. The molecule has 0 unspecified atom stereocenters. The van der Waals surface area contributed by atoms with E-state index >= 15 is 0 Å². The van der Waals surface area contributed by atoms with E-state index in [0.717, 1.165) is 15.8 Å². The van der Waals surface area contributed by atoms with Gasteiger partial charge in [-0.3, -0.25) is 14.7 Å². The normalized spacial score (nSPS) is 10.9. The molecule has 0 saturated carbocycles. The van der Waals surface area contributed by atoms with Crippen LogP contribution in [0.1, 0.15) is 5.56 Å². The fourth-order valence-electron chi connectivity index (χ4n) is 2.44. The standard InChI is InChI=1S/C16H12N6O2S/c23-22(24)12-3-1-2-11(8-12)9-18-14-13-4-7-25-15(13)20-16(19-14)21-6-5-17-10-21/h1-8,10H,9H2,(H,18,19,20). The van der Waals surface area contributed by atoms with Gasteiger partial charge in [0.25, 0.3) is 5.69 Å². The van der Waals surface area contributed by atoms with Gasteiger partial charge in [-0.05, 0) is 17.0 Å². The van der Waals surface area contributed by atoms with E-state index in [1.807, 2.05) is 17.5 Å². The highest BCUT2D eigenvalue weighted by Gasteiger charge is 2.11. The highest BCUT2D eigenvalue weighted by Crippen LogP contribution is 2.26. The summed E-state index contributed by atoms with van der Waals surface area (Å²) < 4.78 is 1.73. The summed E-state index contributed by atoms with van der Waals surface area (Å²) in [5.41, 5.74) is 0.877. The van der Waals surface area contributed by atoms with Crippen molar-refractivity contribution in [1.82, 2.24) is 19.5 Å². The molecule has 25 heavy (non-hydrogen) atoms. The third-order valence-corrected chi connectivity index (χ3v) is 4.44. The third-order valence-electron chi connectivity index (χ3n) is 3.63. The minimum atomic E-state index is -0.400. The summed E-state index contributed by atoms with van der Waals surface area (Å²) in [7, 11) is 0. The molecule has 1 N–H and O–H groups in total. The van der Waals surface area contributed by atoms with Crippen molar-refractivity contribution in [2.45, 2.75) is 6.54 Å². The van der Waals surface area contributed by atoms with Gasteiger partial charge < -0.3 is 5.32 Å². The lowest BCUT2D eigenvalue weighted by molar-refractivity contribution is -0.384. The second-order valence-corrected chi connectivity index (χ2v) is 6.16. The van der Waals surface area contributed by atoms with Crippen LogP contribution in [-0.2, 0) is 6.54 Å². The Morgan fingerprint density at radius 3 is 3.00 bits per heavy atom. The molecule has 0 aliphatic carbocycles. The fraction of sp³-hybridized carbons (Fsp3) is 0.0625. The Hall–Kier alpha value is -3.33. The zero-order chi connectivity index (χ0) is 17.2. The molecule has 0 saturated heterocycles. The molecule has 4 rings (SSSR count). The van der Waals surface area contributed by atoms with E-state index in [0.29, 0.717) is 18.3 Å². The first-order valence-corrected chi connectivity index (χ1v) is 8.29. The molecule has 124 valence electrons. The van der Waals surface area contributed by atoms with Crippen LogP contribution >= 0.6 is 11.3 Å². The zero-order valence-electron chi connectivity index (χ0n) is 12.9. The Bertz CT molecular complexity index is 1040. The van der Waals surface area contributed by atoms with Crippen molar-refractivity contribution in [3.63, 3.8) is 0 Å². The van der Waals surface area contributed by atoms with E-state index in [2.05, 4.69) is 20.3 Å². The molecule has 0 spiro atoms. The largest absolute Gasteiger partial charge is 0.365 e. The Labute approximate surface area is 146 Å². The topological polar surface area (TPSA) is 98.8 Å². The molecule has 3 aromatic heterocycles.